The Bertz CT molecular complexity index is 522. The van der Waals surface area contributed by atoms with Gasteiger partial charge in [0.15, 0.2) is 0 Å². The Hall–Kier alpha value is -1.84. The van der Waals surface area contributed by atoms with Gasteiger partial charge in [0, 0.05) is 19.0 Å². The second kappa shape index (κ2) is 4.57. The highest BCUT2D eigenvalue weighted by Crippen LogP contribution is 2.23. The van der Waals surface area contributed by atoms with Crippen LogP contribution in [0.25, 0.3) is 10.9 Å². The number of aromatic nitrogens is 2. The van der Waals surface area contributed by atoms with E-state index in [1.54, 1.807) is 0 Å². The first-order valence-corrected chi connectivity index (χ1v) is 5.81. The average molecular weight is 230 g/mol. The molecule has 1 heterocycles. The lowest BCUT2D eigenvalue weighted by molar-refractivity contribution is 0.636. The van der Waals surface area contributed by atoms with Crippen molar-refractivity contribution in [1.29, 1.82) is 0 Å². The molecular formula is C13H18N4. The molecule has 0 bridgehead atoms. The van der Waals surface area contributed by atoms with Gasteiger partial charge in [0.1, 0.15) is 5.82 Å². The summed E-state index contributed by atoms with van der Waals surface area (Å²) in [6, 6.07) is 7.94. The molecule has 17 heavy (non-hydrogen) atoms. The molecule has 0 radical (unpaired) electrons. The maximum absolute atomic E-state index is 5.74. The van der Waals surface area contributed by atoms with Gasteiger partial charge in [-0.2, -0.15) is 4.98 Å². The number of anilines is 2. The van der Waals surface area contributed by atoms with E-state index in [-0.39, 0.29) is 0 Å². The Morgan fingerprint density at radius 3 is 2.65 bits per heavy atom. The van der Waals surface area contributed by atoms with Crippen molar-refractivity contribution >= 4 is 22.7 Å². The number of para-hydroxylation sites is 1. The van der Waals surface area contributed by atoms with E-state index in [4.69, 9.17) is 5.73 Å². The van der Waals surface area contributed by atoms with Gasteiger partial charge in [-0.1, -0.05) is 26.0 Å². The summed E-state index contributed by atoms with van der Waals surface area (Å²) in [5, 5.41) is 1.05. The number of hydrogen-bond donors (Lipinski definition) is 1. The van der Waals surface area contributed by atoms with Crippen LogP contribution < -0.4 is 10.6 Å². The van der Waals surface area contributed by atoms with Crippen molar-refractivity contribution in [2.24, 2.45) is 5.92 Å². The molecule has 4 nitrogen and oxygen atoms in total. The minimum Gasteiger partial charge on any atom is -0.368 e. The Morgan fingerprint density at radius 2 is 1.94 bits per heavy atom. The van der Waals surface area contributed by atoms with E-state index < -0.39 is 0 Å². The minimum atomic E-state index is 0.328. The van der Waals surface area contributed by atoms with Crippen LogP contribution in [0.1, 0.15) is 13.8 Å². The lowest BCUT2D eigenvalue weighted by atomic mass is 10.2. The van der Waals surface area contributed by atoms with Gasteiger partial charge in [-0.3, -0.25) is 0 Å². The topological polar surface area (TPSA) is 55.0 Å². The molecule has 0 atom stereocenters. The monoisotopic (exact) mass is 230 g/mol. The van der Waals surface area contributed by atoms with Crippen LogP contribution in [0, 0.1) is 5.92 Å². The fourth-order valence-corrected chi connectivity index (χ4v) is 2.00. The summed E-state index contributed by atoms with van der Waals surface area (Å²) in [6.07, 6.45) is 0. The van der Waals surface area contributed by atoms with Gasteiger partial charge < -0.3 is 10.6 Å². The summed E-state index contributed by atoms with van der Waals surface area (Å²) in [7, 11) is 2.04. The molecule has 0 saturated carbocycles. The van der Waals surface area contributed by atoms with Crippen molar-refractivity contribution in [1.82, 2.24) is 9.97 Å². The first-order valence-electron chi connectivity index (χ1n) is 5.81. The largest absolute Gasteiger partial charge is 0.368 e. The van der Waals surface area contributed by atoms with Crippen LogP contribution in [0.2, 0.25) is 0 Å². The van der Waals surface area contributed by atoms with E-state index in [1.165, 1.54) is 0 Å². The van der Waals surface area contributed by atoms with Gasteiger partial charge in [-0.05, 0) is 18.1 Å². The van der Waals surface area contributed by atoms with Crippen LogP contribution in [-0.4, -0.2) is 23.6 Å². The van der Waals surface area contributed by atoms with Crippen LogP contribution in [-0.2, 0) is 0 Å². The maximum Gasteiger partial charge on any atom is 0.222 e. The van der Waals surface area contributed by atoms with Crippen molar-refractivity contribution in [3.8, 4) is 0 Å². The molecule has 2 aromatic rings. The molecular weight excluding hydrogens is 212 g/mol. The van der Waals surface area contributed by atoms with E-state index in [2.05, 4.69) is 28.7 Å². The summed E-state index contributed by atoms with van der Waals surface area (Å²) >= 11 is 0. The maximum atomic E-state index is 5.74. The average Bonchev–Trinajstić information content (AvgIpc) is 2.26. The highest BCUT2D eigenvalue weighted by molar-refractivity contribution is 5.90. The normalized spacial score (nSPS) is 11.1. The molecule has 4 heteroatoms. The Labute approximate surface area is 101 Å². The summed E-state index contributed by atoms with van der Waals surface area (Å²) < 4.78 is 0. The molecule has 0 amide bonds. The number of nitrogen functional groups attached to an aromatic ring is 1. The Balaban J connectivity index is 2.51. The molecule has 2 rings (SSSR count). The first-order chi connectivity index (χ1) is 8.08. The van der Waals surface area contributed by atoms with Crippen LogP contribution in [0.5, 0.6) is 0 Å². The summed E-state index contributed by atoms with van der Waals surface area (Å²) in [6.45, 7) is 5.31. The lowest BCUT2D eigenvalue weighted by Gasteiger charge is -2.21. The van der Waals surface area contributed by atoms with E-state index >= 15 is 0 Å². The summed E-state index contributed by atoms with van der Waals surface area (Å²) in [5.41, 5.74) is 6.64. The SMILES string of the molecule is CC(C)CN(C)c1nc(N)nc2ccccc12. The Kier molecular flexibility index (Phi) is 3.13. The molecule has 0 fully saturated rings. The zero-order valence-electron chi connectivity index (χ0n) is 10.5. The molecule has 0 saturated heterocycles. The molecule has 0 aliphatic carbocycles. The van der Waals surface area contributed by atoms with Gasteiger partial charge >= 0.3 is 0 Å². The molecule has 0 aliphatic rings. The van der Waals surface area contributed by atoms with Gasteiger partial charge in [0.2, 0.25) is 5.95 Å². The smallest absolute Gasteiger partial charge is 0.222 e. The lowest BCUT2D eigenvalue weighted by Crippen LogP contribution is -2.24. The number of fused-ring (bicyclic) bond motifs is 1. The first kappa shape index (κ1) is 11.6. The quantitative estimate of drug-likeness (QED) is 0.879. The number of rotatable bonds is 3. The second-order valence-electron chi connectivity index (χ2n) is 4.70. The standard InChI is InChI=1S/C13H18N4/c1-9(2)8-17(3)12-10-6-4-5-7-11(10)15-13(14)16-12/h4-7,9H,8H2,1-3H3,(H2,14,15,16). The predicted octanol–water partition coefficient (Wildman–Crippen LogP) is 2.30. The predicted molar refractivity (Wildman–Crippen MR) is 72.1 cm³/mol. The molecule has 0 aliphatic heterocycles. The van der Waals surface area contributed by atoms with Gasteiger partial charge in [0.05, 0.1) is 5.52 Å². The molecule has 1 aromatic heterocycles. The highest BCUT2D eigenvalue weighted by atomic mass is 15.2. The third-order valence-corrected chi connectivity index (χ3v) is 2.60. The fourth-order valence-electron chi connectivity index (χ4n) is 2.00. The summed E-state index contributed by atoms with van der Waals surface area (Å²) in [5.74, 6) is 1.81. The fraction of sp³-hybridized carbons (Fsp3) is 0.385. The van der Waals surface area contributed by atoms with Crippen LogP contribution in [0.15, 0.2) is 24.3 Å². The zero-order chi connectivity index (χ0) is 12.4. The number of hydrogen-bond acceptors (Lipinski definition) is 4. The minimum absolute atomic E-state index is 0.328. The summed E-state index contributed by atoms with van der Waals surface area (Å²) in [4.78, 5) is 10.7. The van der Waals surface area contributed by atoms with E-state index in [1.807, 2.05) is 31.3 Å². The van der Waals surface area contributed by atoms with Crippen molar-refractivity contribution in [2.45, 2.75) is 13.8 Å². The van der Waals surface area contributed by atoms with E-state index in [9.17, 15) is 0 Å². The third-order valence-electron chi connectivity index (χ3n) is 2.60. The van der Waals surface area contributed by atoms with Crippen molar-refractivity contribution < 1.29 is 0 Å². The molecule has 0 unspecified atom stereocenters. The van der Waals surface area contributed by atoms with Gasteiger partial charge in [0.25, 0.3) is 0 Å². The number of benzene rings is 1. The van der Waals surface area contributed by atoms with Crippen molar-refractivity contribution in [3.63, 3.8) is 0 Å². The molecule has 0 spiro atoms. The highest BCUT2D eigenvalue weighted by Gasteiger charge is 2.11. The van der Waals surface area contributed by atoms with E-state index in [0.29, 0.717) is 11.9 Å². The molecule has 1 aromatic carbocycles. The van der Waals surface area contributed by atoms with Crippen LogP contribution in [0.4, 0.5) is 11.8 Å². The number of nitrogens with two attached hydrogens (primary N) is 1. The molecule has 2 N–H and O–H groups in total. The van der Waals surface area contributed by atoms with Crippen molar-refractivity contribution in [3.05, 3.63) is 24.3 Å². The number of nitrogens with zero attached hydrogens (tertiary/aromatic N) is 3. The Morgan fingerprint density at radius 1 is 1.24 bits per heavy atom. The van der Waals surface area contributed by atoms with Gasteiger partial charge in [-0.25, -0.2) is 4.98 Å². The van der Waals surface area contributed by atoms with Crippen LogP contribution >= 0.6 is 0 Å². The second-order valence-corrected chi connectivity index (χ2v) is 4.70. The van der Waals surface area contributed by atoms with E-state index in [0.717, 1.165) is 23.3 Å². The van der Waals surface area contributed by atoms with Gasteiger partial charge in [-0.15, -0.1) is 0 Å². The third kappa shape index (κ3) is 2.46. The zero-order valence-corrected chi connectivity index (χ0v) is 10.5. The van der Waals surface area contributed by atoms with Crippen molar-refractivity contribution in [2.75, 3.05) is 24.2 Å². The molecule has 90 valence electrons. The van der Waals surface area contributed by atoms with Crippen LogP contribution in [0.3, 0.4) is 0 Å².